The number of nitrogens with zero attached hydrogens (tertiary/aromatic N) is 2. The van der Waals surface area contributed by atoms with Crippen LogP contribution < -0.4 is 4.31 Å². The third kappa shape index (κ3) is 4.98. The predicted octanol–water partition coefficient (Wildman–Crippen LogP) is 6.15. The molecule has 1 aromatic heterocycles. The summed E-state index contributed by atoms with van der Waals surface area (Å²) in [6.07, 6.45) is 1.04. The zero-order valence-corrected chi connectivity index (χ0v) is 21.2. The van der Waals surface area contributed by atoms with E-state index in [1.165, 1.54) is 15.6 Å². The number of carbonyl (C=O) groups is 1. The number of fused-ring (bicyclic) bond motifs is 1. The maximum atomic E-state index is 13.8. The molecule has 1 saturated heterocycles. The summed E-state index contributed by atoms with van der Waals surface area (Å²) in [5, 5.41) is 1.66. The quantitative estimate of drug-likeness (QED) is 0.416. The second kappa shape index (κ2) is 9.16. The molecular weight excluding hydrogens is 480 g/mol. The van der Waals surface area contributed by atoms with Crippen molar-refractivity contribution in [1.82, 2.24) is 4.90 Å². The second-order valence-electron chi connectivity index (χ2n) is 9.04. The Hall–Kier alpha value is -2.29. The summed E-state index contributed by atoms with van der Waals surface area (Å²) < 4.78 is 35.4. The van der Waals surface area contributed by atoms with E-state index < -0.39 is 21.7 Å². The van der Waals surface area contributed by atoms with Gasteiger partial charge in [-0.2, -0.15) is 0 Å². The van der Waals surface area contributed by atoms with Crippen LogP contribution >= 0.6 is 22.9 Å². The van der Waals surface area contributed by atoms with Crippen molar-refractivity contribution in [2.45, 2.75) is 50.2 Å². The molecule has 176 valence electrons. The third-order valence-corrected chi connectivity index (χ3v) is 9.04. The predicted molar refractivity (Wildman–Crippen MR) is 134 cm³/mol. The fourth-order valence-electron chi connectivity index (χ4n) is 3.95. The van der Waals surface area contributed by atoms with Gasteiger partial charge in [0.15, 0.2) is 0 Å². The zero-order chi connectivity index (χ0) is 23.8. The highest BCUT2D eigenvalue weighted by atomic mass is 35.5. The topological polar surface area (TPSA) is 66.9 Å². The smallest absolute Gasteiger partial charge is 0.410 e. The molecule has 3 aromatic rings. The van der Waals surface area contributed by atoms with E-state index in [1.807, 2.05) is 45.0 Å². The van der Waals surface area contributed by atoms with Crippen LogP contribution in [0.5, 0.6) is 0 Å². The van der Waals surface area contributed by atoms with E-state index in [9.17, 15) is 13.2 Å². The Morgan fingerprint density at radius 3 is 2.48 bits per heavy atom. The fraction of sp³-hybridized carbons (Fsp3) is 0.375. The lowest BCUT2D eigenvalue weighted by atomic mass is 10.2. The highest BCUT2D eigenvalue weighted by molar-refractivity contribution is 7.93. The van der Waals surface area contributed by atoms with Gasteiger partial charge in [-0.05, 0) is 51.8 Å². The Balaban J connectivity index is 1.75. The van der Waals surface area contributed by atoms with Crippen LogP contribution in [0.1, 0.15) is 33.6 Å². The lowest BCUT2D eigenvalue weighted by molar-refractivity contribution is 0.0233. The number of amides is 1. The molecule has 1 amide bonds. The third-order valence-electron chi connectivity index (χ3n) is 5.46. The Kier molecular flexibility index (Phi) is 6.62. The standard InChI is InChI=1S/C24H27ClN2O4S2/c1-24(2,3)31-23(28)26-15-9-10-17(26)16-27(33(29,30)18-11-5-4-6-12-18)22-21(25)19-13-7-8-14-20(19)32-22/h4-8,11-14,17H,9-10,15-16H2,1-3H3. The first kappa shape index (κ1) is 23.9. The molecule has 2 aromatic carbocycles. The molecule has 33 heavy (non-hydrogen) atoms. The number of anilines is 1. The highest BCUT2D eigenvalue weighted by Crippen LogP contribution is 2.44. The molecule has 1 fully saturated rings. The Labute approximate surface area is 203 Å². The number of benzene rings is 2. The van der Waals surface area contributed by atoms with Gasteiger partial charge >= 0.3 is 6.09 Å². The van der Waals surface area contributed by atoms with Crippen molar-refractivity contribution in [3.05, 3.63) is 59.6 Å². The van der Waals surface area contributed by atoms with Crippen molar-refractivity contribution in [3.8, 4) is 0 Å². The first-order chi connectivity index (χ1) is 15.6. The van der Waals surface area contributed by atoms with Crippen LogP contribution in [-0.2, 0) is 14.8 Å². The molecule has 0 radical (unpaired) electrons. The molecule has 4 rings (SSSR count). The van der Waals surface area contributed by atoms with Gasteiger partial charge < -0.3 is 9.64 Å². The van der Waals surface area contributed by atoms with Crippen LogP contribution in [-0.4, -0.2) is 44.1 Å². The van der Waals surface area contributed by atoms with Crippen molar-refractivity contribution in [2.75, 3.05) is 17.4 Å². The molecule has 9 heteroatoms. The van der Waals surface area contributed by atoms with Crippen LogP contribution in [0.15, 0.2) is 59.5 Å². The second-order valence-corrected chi connectivity index (χ2v) is 12.3. The maximum absolute atomic E-state index is 13.8. The molecule has 0 N–H and O–H groups in total. The number of likely N-dealkylation sites (tertiary alicyclic amines) is 1. The van der Waals surface area contributed by atoms with Gasteiger partial charge in [0.2, 0.25) is 0 Å². The number of hydrogen-bond acceptors (Lipinski definition) is 5. The summed E-state index contributed by atoms with van der Waals surface area (Å²) in [6, 6.07) is 15.6. The largest absolute Gasteiger partial charge is 0.444 e. The van der Waals surface area contributed by atoms with Gasteiger partial charge in [0.1, 0.15) is 10.6 Å². The normalized spacial score (nSPS) is 16.8. The van der Waals surface area contributed by atoms with Crippen molar-refractivity contribution in [1.29, 1.82) is 0 Å². The molecule has 0 saturated carbocycles. The monoisotopic (exact) mass is 506 g/mol. The average molecular weight is 507 g/mol. The molecule has 6 nitrogen and oxygen atoms in total. The molecule has 1 unspecified atom stereocenters. The number of ether oxygens (including phenoxy) is 1. The van der Waals surface area contributed by atoms with E-state index in [1.54, 1.807) is 35.2 Å². The van der Waals surface area contributed by atoms with Crippen LogP contribution in [0, 0.1) is 0 Å². The number of thiophene rings is 1. The van der Waals surface area contributed by atoms with Gasteiger partial charge in [-0.25, -0.2) is 13.2 Å². The van der Waals surface area contributed by atoms with Crippen molar-refractivity contribution >= 4 is 54.1 Å². The summed E-state index contributed by atoms with van der Waals surface area (Å²) in [5.41, 5.74) is -0.630. The molecule has 2 heterocycles. The molecule has 1 aliphatic rings. The number of halogens is 1. The number of rotatable bonds is 5. The average Bonchev–Trinajstić information content (AvgIpc) is 3.36. The molecule has 1 aliphatic heterocycles. The van der Waals surface area contributed by atoms with Crippen LogP contribution in [0.4, 0.5) is 9.80 Å². The Morgan fingerprint density at radius 2 is 1.82 bits per heavy atom. The summed E-state index contributed by atoms with van der Waals surface area (Å²) in [6.45, 7) is 6.08. The number of hydrogen-bond donors (Lipinski definition) is 0. The van der Waals surface area contributed by atoms with E-state index in [2.05, 4.69) is 0 Å². The Bertz CT molecular complexity index is 1250. The van der Waals surface area contributed by atoms with Crippen LogP contribution in [0.3, 0.4) is 0 Å². The van der Waals surface area contributed by atoms with E-state index in [4.69, 9.17) is 16.3 Å². The Morgan fingerprint density at radius 1 is 1.15 bits per heavy atom. The van der Waals surface area contributed by atoms with E-state index >= 15 is 0 Å². The van der Waals surface area contributed by atoms with Gasteiger partial charge in [-0.3, -0.25) is 4.31 Å². The first-order valence-electron chi connectivity index (χ1n) is 10.8. The minimum absolute atomic E-state index is 0.100. The molecule has 0 spiro atoms. The van der Waals surface area contributed by atoms with Crippen molar-refractivity contribution in [3.63, 3.8) is 0 Å². The summed E-state index contributed by atoms with van der Waals surface area (Å²) in [5.74, 6) is 0. The minimum Gasteiger partial charge on any atom is -0.444 e. The number of sulfonamides is 1. The SMILES string of the molecule is CC(C)(C)OC(=O)N1CCCC1CN(c1sc2ccccc2c1Cl)S(=O)(=O)c1ccccc1. The maximum Gasteiger partial charge on any atom is 0.410 e. The van der Waals surface area contributed by atoms with E-state index in [0.29, 0.717) is 23.0 Å². The summed E-state index contributed by atoms with van der Waals surface area (Å²) in [4.78, 5) is 14.6. The first-order valence-corrected chi connectivity index (χ1v) is 13.5. The van der Waals surface area contributed by atoms with Gasteiger partial charge in [0, 0.05) is 16.6 Å². The molecule has 0 bridgehead atoms. The van der Waals surface area contributed by atoms with E-state index in [-0.39, 0.29) is 17.5 Å². The number of carbonyl (C=O) groups excluding carboxylic acids is 1. The highest BCUT2D eigenvalue weighted by Gasteiger charge is 2.37. The van der Waals surface area contributed by atoms with Gasteiger partial charge in [0.25, 0.3) is 10.0 Å². The van der Waals surface area contributed by atoms with Crippen molar-refractivity contribution in [2.24, 2.45) is 0 Å². The summed E-state index contributed by atoms with van der Waals surface area (Å²) >= 11 is 8.05. The van der Waals surface area contributed by atoms with Gasteiger partial charge in [0.05, 0.1) is 22.5 Å². The van der Waals surface area contributed by atoms with Crippen LogP contribution in [0.2, 0.25) is 5.02 Å². The lowest BCUT2D eigenvalue weighted by Gasteiger charge is -2.32. The van der Waals surface area contributed by atoms with Crippen molar-refractivity contribution < 1.29 is 17.9 Å². The van der Waals surface area contributed by atoms with Gasteiger partial charge in [-0.1, -0.05) is 48.0 Å². The summed E-state index contributed by atoms with van der Waals surface area (Å²) in [7, 11) is -3.92. The van der Waals surface area contributed by atoms with Gasteiger partial charge in [-0.15, -0.1) is 11.3 Å². The molecular formula is C24H27ClN2O4S2. The minimum atomic E-state index is -3.92. The van der Waals surface area contributed by atoms with Crippen LogP contribution in [0.25, 0.3) is 10.1 Å². The fourth-order valence-corrected chi connectivity index (χ4v) is 7.29. The lowest BCUT2D eigenvalue weighted by Crippen LogP contribution is -2.46. The zero-order valence-electron chi connectivity index (χ0n) is 18.8. The molecule has 1 atom stereocenters. The molecule has 0 aliphatic carbocycles. The van der Waals surface area contributed by atoms with E-state index in [0.717, 1.165) is 16.5 Å².